The molecule has 1 aromatic heterocycles. The largest absolute Gasteiger partial charge is 0.332 e. The molecule has 0 saturated carbocycles. The standard InChI is InChI=1S/C21H22N4O/c1-15-8-5-6-11-17(15)14-19(26)25-13-7-12-18(25)21-22-20(23-24-21)16-9-3-2-4-10-16/h2-6,8-11,18H,7,12-14H2,1H3,(H,22,23,24)/t18-/m0/s1. The first-order valence-electron chi connectivity index (χ1n) is 9.04. The van der Waals surface area contributed by atoms with Crippen molar-refractivity contribution in [3.8, 4) is 11.4 Å². The molecule has 0 bridgehead atoms. The maximum Gasteiger partial charge on any atom is 0.227 e. The summed E-state index contributed by atoms with van der Waals surface area (Å²) in [7, 11) is 0. The summed E-state index contributed by atoms with van der Waals surface area (Å²) in [5.41, 5.74) is 3.22. The monoisotopic (exact) mass is 346 g/mol. The van der Waals surface area contributed by atoms with E-state index in [1.165, 1.54) is 0 Å². The molecule has 1 saturated heterocycles. The summed E-state index contributed by atoms with van der Waals surface area (Å²) in [4.78, 5) is 19.5. The number of aryl methyl sites for hydroxylation is 1. The predicted molar refractivity (Wildman–Crippen MR) is 100 cm³/mol. The summed E-state index contributed by atoms with van der Waals surface area (Å²) >= 11 is 0. The maximum atomic E-state index is 12.9. The van der Waals surface area contributed by atoms with Gasteiger partial charge in [0.2, 0.25) is 5.91 Å². The number of nitrogens with one attached hydrogen (secondary N) is 1. The first-order valence-corrected chi connectivity index (χ1v) is 9.04. The fourth-order valence-corrected chi connectivity index (χ4v) is 3.56. The van der Waals surface area contributed by atoms with Crippen LogP contribution in [0.4, 0.5) is 0 Å². The third-order valence-electron chi connectivity index (χ3n) is 5.03. The smallest absolute Gasteiger partial charge is 0.227 e. The number of aromatic nitrogens is 3. The minimum Gasteiger partial charge on any atom is -0.332 e. The quantitative estimate of drug-likeness (QED) is 0.784. The van der Waals surface area contributed by atoms with Crippen molar-refractivity contribution in [2.75, 3.05) is 6.54 Å². The van der Waals surface area contributed by atoms with Crippen LogP contribution < -0.4 is 0 Å². The lowest BCUT2D eigenvalue weighted by molar-refractivity contribution is -0.131. The van der Waals surface area contributed by atoms with Crippen molar-refractivity contribution >= 4 is 5.91 Å². The molecule has 0 spiro atoms. The Bertz CT molecular complexity index is 903. The van der Waals surface area contributed by atoms with Crippen LogP contribution in [-0.4, -0.2) is 32.5 Å². The van der Waals surface area contributed by atoms with E-state index in [9.17, 15) is 4.79 Å². The topological polar surface area (TPSA) is 61.9 Å². The van der Waals surface area contributed by atoms with E-state index in [1.807, 2.05) is 66.4 Å². The highest BCUT2D eigenvalue weighted by Gasteiger charge is 2.32. The van der Waals surface area contributed by atoms with Gasteiger partial charge in [0, 0.05) is 12.1 Å². The van der Waals surface area contributed by atoms with Gasteiger partial charge in [-0.2, -0.15) is 5.10 Å². The van der Waals surface area contributed by atoms with Crippen LogP contribution in [0.5, 0.6) is 0 Å². The average Bonchev–Trinajstić information content (AvgIpc) is 3.33. The second-order valence-corrected chi connectivity index (χ2v) is 6.76. The van der Waals surface area contributed by atoms with Gasteiger partial charge < -0.3 is 4.90 Å². The number of carbonyl (C=O) groups is 1. The van der Waals surface area contributed by atoms with E-state index in [-0.39, 0.29) is 11.9 Å². The summed E-state index contributed by atoms with van der Waals surface area (Å²) in [5.74, 6) is 1.61. The molecule has 0 unspecified atom stereocenters. The van der Waals surface area contributed by atoms with Gasteiger partial charge in [0.1, 0.15) is 5.82 Å². The van der Waals surface area contributed by atoms with E-state index >= 15 is 0 Å². The van der Waals surface area contributed by atoms with Gasteiger partial charge in [-0.15, -0.1) is 0 Å². The lowest BCUT2D eigenvalue weighted by Gasteiger charge is -2.23. The Morgan fingerprint density at radius 3 is 2.73 bits per heavy atom. The highest BCUT2D eigenvalue weighted by molar-refractivity contribution is 5.79. The zero-order chi connectivity index (χ0) is 17.9. The van der Waals surface area contributed by atoms with Gasteiger partial charge >= 0.3 is 0 Å². The Morgan fingerprint density at radius 2 is 1.92 bits per heavy atom. The Morgan fingerprint density at radius 1 is 1.15 bits per heavy atom. The van der Waals surface area contributed by atoms with E-state index in [1.54, 1.807) is 0 Å². The summed E-state index contributed by atoms with van der Waals surface area (Å²) in [5, 5.41) is 7.40. The van der Waals surface area contributed by atoms with Crippen LogP contribution in [0.3, 0.4) is 0 Å². The van der Waals surface area contributed by atoms with Crippen LogP contribution in [0.25, 0.3) is 11.4 Å². The number of rotatable bonds is 4. The number of hydrogen-bond acceptors (Lipinski definition) is 3. The first-order chi connectivity index (χ1) is 12.7. The number of likely N-dealkylation sites (tertiary alicyclic amines) is 1. The predicted octanol–water partition coefficient (Wildman–Crippen LogP) is 3.69. The van der Waals surface area contributed by atoms with E-state index in [0.717, 1.165) is 41.9 Å². The molecular weight excluding hydrogens is 324 g/mol. The molecule has 1 amide bonds. The number of nitrogens with zero attached hydrogens (tertiary/aromatic N) is 3. The van der Waals surface area contributed by atoms with Crippen LogP contribution in [0.2, 0.25) is 0 Å². The number of aromatic amines is 1. The SMILES string of the molecule is Cc1ccccc1CC(=O)N1CCC[C@H]1c1nc(-c2ccccc2)n[nH]1. The number of hydrogen-bond donors (Lipinski definition) is 1. The van der Waals surface area contributed by atoms with Crippen LogP contribution in [0.1, 0.15) is 35.8 Å². The molecule has 1 aliphatic heterocycles. The lowest BCUT2D eigenvalue weighted by atomic mass is 10.1. The Hall–Kier alpha value is -2.95. The van der Waals surface area contributed by atoms with Crippen molar-refractivity contribution in [1.29, 1.82) is 0 Å². The van der Waals surface area contributed by atoms with E-state index in [4.69, 9.17) is 0 Å². The Labute approximate surface area is 153 Å². The van der Waals surface area contributed by atoms with Gasteiger partial charge in [-0.1, -0.05) is 54.6 Å². The molecule has 0 aliphatic carbocycles. The molecule has 1 atom stereocenters. The van der Waals surface area contributed by atoms with Gasteiger partial charge in [0.15, 0.2) is 5.82 Å². The van der Waals surface area contributed by atoms with Crippen molar-refractivity contribution in [3.05, 3.63) is 71.5 Å². The van der Waals surface area contributed by atoms with Gasteiger partial charge in [-0.3, -0.25) is 9.89 Å². The van der Waals surface area contributed by atoms with E-state index in [2.05, 4.69) is 15.2 Å². The van der Waals surface area contributed by atoms with E-state index in [0.29, 0.717) is 12.2 Å². The Kier molecular flexibility index (Phi) is 4.52. The number of carbonyl (C=O) groups excluding carboxylic acids is 1. The van der Waals surface area contributed by atoms with Gasteiger partial charge in [0.25, 0.3) is 0 Å². The van der Waals surface area contributed by atoms with Crippen molar-refractivity contribution < 1.29 is 4.79 Å². The zero-order valence-corrected chi connectivity index (χ0v) is 14.9. The van der Waals surface area contributed by atoms with Gasteiger partial charge in [0.05, 0.1) is 12.5 Å². The second-order valence-electron chi connectivity index (χ2n) is 6.76. The summed E-state index contributed by atoms with van der Waals surface area (Å²) in [6.45, 7) is 2.82. The summed E-state index contributed by atoms with van der Waals surface area (Å²) in [6, 6.07) is 17.9. The molecule has 5 heteroatoms. The number of H-pyrrole nitrogens is 1. The molecule has 4 rings (SSSR count). The lowest BCUT2D eigenvalue weighted by Crippen LogP contribution is -2.32. The Balaban J connectivity index is 1.53. The third kappa shape index (κ3) is 3.25. The third-order valence-corrected chi connectivity index (χ3v) is 5.03. The number of amides is 1. The van der Waals surface area contributed by atoms with E-state index < -0.39 is 0 Å². The van der Waals surface area contributed by atoms with Crippen molar-refractivity contribution in [2.45, 2.75) is 32.2 Å². The maximum absolute atomic E-state index is 12.9. The normalized spacial score (nSPS) is 16.8. The van der Waals surface area contributed by atoms with Crippen molar-refractivity contribution in [2.24, 2.45) is 0 Å². The molecular formula is C21H22N4O. The minimum atomic E-state index is -0.0171. The first kappa shape index (κ1) is 16.5. The van der Waals surface area contributed by atoms with Crippen molar-refractivity contribution in [3.63, 3.8) is 0 Å². The zero-order valence-electron chi connectivity index (χ0n) is 14.9. The van der Waals surface area contributed by atoms with Gasteiger partial charge in [-0.25, -0.2) is 4.98 Å². The summed E-state index contributed by atoms with van der Waals surface area (Å²) in [6.07, 6.45) is 2.34. The molecule has 2 heterocycles. The molecule has 5 nitrogen and oxygen atoms in total. The highest BCUT2D eigenvalue weighted by Crippen LogP contribution is 2.31. The number of benzene rings is 2. The fourth-order valence-electron chi connectivity index (χ4n) is 3.56. The molecule has 2 aromatic carbocycles. The van der Waals surface area contributed by atoms with Crippen LogP contribution in [-0.2, 0) is 11.2 Å². The molecule has 1 aliphatic rings. The fraction of sp³-hybridized carbons (Fsp3) is 0.286. The van der Waals surface area contributed by atoms with Crippen LogP contribution in [0, 0.1) is 6.92 Å². The molecule has 3 aromatic rings. The highest BCUT2D eigenvalue weighted by atomic mass is 16.2. The molecule has 0 radical (unpaired) electrons. The van der Waals surface area contributed by atoms with Crippen LogP contribution in [0.15, 0.2) is 54.6 Å². The minimum absolute atomic E-state index is 0.0171. The van der Waals surface area contributed by atoms with Crippen molar-refractivity contribution in [1.82, 2.24) is 20.1 Å². The van der Waals surface area contributed by atoms with Gasteiger partial charge in [-0.05, 0) is 30.9 Å². The molecule has 1 N–H and O–H groups in total. The summed E-state index contributed by atoms with van der Waals surface area (Å²) < 4.78 is 0. The molecule has 26 heavy (non-hydrogen) atoms. The van der Waals surface area contributed by atoms with Crippen LogP contribution >= 0.6 is 0 Å². The molecule has 132 valence electrons. The average molecular weight is 346 g/mol. The second kappa shape index (κ2) is 7.12. The molecule has 1 fully saturated rings.